The van der Waals surface area contributed by atoms with E-state index in [0.29, 0.717) is 0 Å². The first-order chi connectivity index (χ1) is 13.5. The molecular formula is C16H14ClF3N6O2S. The molecule has 154 valence electrons. The number of pyridine rings is 2. The predicted octanol–water partition coefficient (Wildman–Crippen LogP) is 2.99. The number of nitrogens with two attached hydrogens (primary N) is 1. The SMILES string of the molecule is CCS(=O)(=O)c1cc(Cl)c(N)nc1-c1nnc(-c2cc(C(F)(F)F)ccn2)n1C. The lowest BCUT2D eigenvalue weighted by Crippen LogP contribution is -2.10. The number of anilines is 1. The van der Waals surface area contributed by atoms with Crippen LogP contribution in [0.5, 0.6) is 0 Å². The van der Waals surface area contributed by atoms with Gasteiger partial charge in [-0.1, -0.05) is 18.5 Å². The van der Waals surface area contributed by atoms with Gasteiger partial charge in [-0.25, -0.2) is 13.4 Å². The van der Waals surface area contributed by atoms with Crippen LogP contribution in [0.25, 0.3) is 23.0 Å². The van der Waals surface area contributed by atoms with Gasteiger partial charge in [-0.05, 0) is 18.2 Å². The quantitative estimate of drug-likeness (QED) is 0.654. The molecule has 0 atom stereocenters. The number of nitrogen functional groups attached to an aromatic ring is 1. The fourth-order valence-corrected chi connectivity index (χ4v) is 3.78. The summed E-state index contributed by atoms with van der Waals surface area (Å²) < 4.78 is 65.2. The minimum atomic E-state index is -4.56. The van der Waals surface area contributed by atoms with Crippen LogP contribution in [0.15, 0.2) is 29.3 Å². The molecular weight excluding hydrogens is 433 g/mol. The predicted molar refractivity (Wildman–Crippen MR) is 99.6 cm³/mol. The van der Waals surface area contributed by atoms with Crippen molar-refractivity contribution in [3.63, 3.8) is 0 Å². The third kappa shape index (κ3) is 3.90. The molecule has 8 nitrogen and oxygen atoms in total. The Bertz CT molecular complexity index is 1190. The maximum Gasteiger partial charge on any atom is 0.416 e. The van der Waals surface area contributed by atoms with Gasteiger partial charge < -0.3 is 10.3 Å². The monoisotopic (exact) mass is 446 g/mol. The number of alkyl halides is 3. The summed E-state index contributed by atoms with van der Waals surface area (Å²) in [4.78, 5) is 7.72. The second-order valence-electron chi connectivity index (χ2n) is 5.94. The molecule has 0 aliphatic heterocycles. The van der Waals surface area contributed by atoms with Crippen LogP contribution in [0.1, 0.15) is 12.5 Å². The summed E-state index contributed by atoms with van der Waals surface area (Å²) in [6.07, 6.45) is -3.56. The number of rotatable bonds is 4. The molecule has 3 aromatic heterocycles. The smallest absolute Gasteiger partial charge is 0.382 e. The molecule has 2 N–H and O–H groups in total. The average Bonchev–Trinajstić information content (AvgIpc) is 3.04. The average molecular weight is 447 g/mol. The molecule has 13 heteroatoms. The van der Waals surface area contributed by atoms with Crippen LogP contribution < -0.4 is 5.73 Å². The zero-order chi connectivity index (χ0) is 21.6. The molecule has 0 saturated carbocycles. The van der Waals surface area contributed by atoms with Crippen LogP contribution in [0.2, 0.25) is 5.02 Å². The molecule has 3 aromatic rings. The summed E-state index contributed by atoms with van der Waals surface area (Å²) in [5.74, 6) is -0.392. The van der Waals surface area contributed by atoms with Crippen LogP contribution in [0.3, 0.4) is 0 Å². The highest BCUT2D eigenvalue weighted by Crippen LogP contribution is 2.33. The minimum absolute atomic E-state index is 0.0127. The standard InChI is InChI=1S/C16H14ClF3N6O2S/c1-3-29(27,28)11-7-9(17)13(21)23-12(11)15-25-24-14(26(15)2)10-6-8(4-5-22-10)16(18,19)20/h4-7H,3H2,1-2H3,(H2,21,23). The molecule has 0 spiro atoms. The van der Waals surface area contributed by atoms with E-state index in [2.05, 4.69) is 20.2 Å². The van der Waals surface area contributed by atoms with Crippen molar-refractivity contribution in [2.45, 2.75) is 18.0 Å². The molecule has 0 aliphatic rings. The highest BCUT2D eigenvalue weighted by Gasteiger charge is 2.31. The van der Waals surface area contributed by atoms with Crippen molar-refractivity contribution in [1.29, 1.82) is 0 Å². The van der Waals surface area contributed by atoms with Gasteiger partial charge in [-0.15, -0.1) is 10.2 Å². The van der Waals surface area contributed by atoms with Crippen LogP contribution in [-0.4, -0.2) is 38.9 Å². The molecule has 0 aliphatic carbocycles. The van der Waals surface area contributed by atoms with E-state index in [1.54, 1.807) is 0 Å². The molecule has 0 bridgehead atoms. The third-order valence-corrected chi connectivity index (χ3v) is 6.13. The zero-order valence-electron chi connectivity index (χ0n) is 15.1. The maximum atomic E-state index is 13.0. The Labute approximate surface area is 168 Å². The molecule has 0 aromatic carbocycles. The topological polar surface area (TPSA) is 117 Å². The van der Waals surface area contributed by atoms with E-state index in [4.69, 9.17) is 17.3 Å². The number of sulfone groups is 1. The van der Waals surface area contributed by atoms with Gasteiger partial charge in [-0.3, -0.25) is 4.98 Å². The summed E-state index contributed by atoms with van der Waals surface area (Å²) in [6.45, 7) is 1.44. The number of aromatic nitrogens is 5. The van der Waals surface area contributed by atoms with Crippen LogP contribution in [0.4, 0.5) is 19.0 Å². The van der Waals surface area contributed by atoms with E-state index in [0.717, 1.165) is 24.4 Å². The molecule has 0 saturated heterocycles. The summed E-state index contributed by atoms with van der Waals surface area (Å²) in [7, 11) is -2.32. The molecule has 3 heterocycles. The molecule has 0 amide bonds. The van der Waals surface area contributed by atoms with E-state index in [1.807, 2.05) is 0 Å². The molecule has 0 unspecified atom stereocenters. The fraction of sp³-hybridized carbons (Fsp3) is 0.250. The van der Waals surface area contributed by atoms with Crippen molar-refractivity contribution >= 4 is 27.3 Å². The first-order valence-electron chi connectivity index (χ1n) is 8.08. The van der Waals surface area contributed by atoms with E-state index in [9.17, 15) is 21.6 Å². The van der Waals surface area contributed by atoms with Crippen molar-refractivity contribution in [2.75, 3.05) is 11.5 Å². The lowest BCUT2D eigenvalue weighted by Gasteiger charge is -2.11. The van der Waals surface area contributed by atoms with Crippen molar-refractivity contribution in [1.82, 2.24) is 24.7 Å². The zero-order valence-corrected chi connectivity index (χ0v) is 16.6. The van der Waals surface area contributed by atoms with E-state index in [-0.39, 0.29) is 44.5 Å². The van der Waals surface area contributed by atoms with Gasteiger partial charge >= 0.3 is 6.18 Å². The largest absolute Gasteiger partial charge is 0.416 e. The van der Waals surface area contributed by atoms with Crippen molar-refractivity contribution in [2.24, 2.45) is 7.05 Å². The number of hydrogen-bond acceptors (Lipinski definition) is 7. The Morgan fingerprint density at radius 1 is 1.21 bits per heavy atom. The number of hydrogen-bond donors (Lipinski definition) is 1. The van der Waals surface area contributed by atoms with E-state index < -0.39 is 21.6 Å². The Kier molecular flexibility index (Phi) is 5.26. The Morgan fingerprint density at radius 3 is 2.48 bits per heavy atom. The number of nitrogens with zero attached hydrogens (tertiary/aromatic N) is 5. The van der Waals surface area contributed by atoms with Crippen LogP contribution in [-0.2, 0) is 23.1 Å². The van der Waals surface area contributed by atoms with Crippen LogP contribution in [0, 0.1) is 0 Å². The minimum Gasteiger partial charge on any atom is -0.382 e. The van der Waals surface area contributed by atoms with Crippen molar-refractivity contribution in [3.8, 4) is 23.0 Å². The van der Waals surface area contributed by atoms with Crippen LogP contribution >= 0.6 is 11.6 Å². The van der Waals surface area contributed by atoms with Crippen molar-refractivity contribution < 1.29 is 21.6 Å². The Balaban J connectivity index is 2.21. The van der Waals surface area contributed by atoms with Gasteiger partial charge in [0.15, 0.2) is 21.5 Å². The molecule has 0 fully saturated rings. The number of halogens is 4. The molecule has 0 radical (unpaired) electrons. The van der Waals surface area contributed by atoms with Gasteiger partial charge in [-0.2, -0.15) is 13.2 Å². The second-order valence-corrected chi connectivity index (χ2v) is 8.59. The van der Waals surface area contributed by atoms with E-state index >= 15 is 0 Å². The van der Waals surface area contributed by atoms with Gasteiger partial charge in [0.25, 0.3) is 0 Å². The lowest BCUT2D eigenvalue weighted by molar-refractivity contribution is -0.137. The summed E-state index contributed by atoms with van der Waals surface area (Å²) in [6, 6.07) is 2.81. The third-order valence-electron chi connectivity index (χ3n) is 4.09. The highest BCUT2D eigenvalue weighted by molar-refractivity contribution is 7.91. The Morgan fingerprint density at radius 2 is 1.86 bits per heavy atom. The van der Waals surface area contributed by atoms with Gasteiger partial charge in [0, 0.05) is 13.2 Å². The lowest BCUT2D eigenvalue weighted by atomic mass is 10.2. The fourth-order valence-electron chi connectivity index (χ4n) is 2.53. The molecule has 29 heavy (non-hydrogen) atoms. The first-order valence-corrected chi connectivity index (χ1v) is 10.1. The highest BCUT2D eigenvalue weighted by atomic mass is 35.5. The van der Waals surface area contributed by atoms with Gasteiger partial charge in [0.05, 0.1) is 21.2 Å². The van der Waals surface area contributed by atoms with Gasteiger partial charge in [0.2, 0.25) is 0 Å². The van der Waals surface area contributed by atoms with Crippen molar-refractivity contribution in [3.05, 3.63) is 35.0 Å². The molecule has 3 rings (SSSR count). The first kappa shape index (κ1) is 21.0. The maximum absolute atomic E-state index is 13.0. The summed E-state index contributed by atoms with van der Waals surface area (Å²) in [5.41, 5.74) is 4.60. The Hall–Kier alpha value is -2.73. The second kappa shape index (κ2) is 7.26. The van der Waals surface area contributed by atoms with Gasteiger partial charge in [0.1, 0.15) is 17.2 Å². The van der Waals surface area contributed by atoms with E-state index in [1.165, 1.54) is 18.5 Å². The normalized spacial score (nSPS) is 12.3. The summed E-state index contributed by atoms with van der Waals surface area (Å²) >= 11 is 5.93. The summed E-state index contributed by atoms with van der Waals surface area (Å²) in [5, 5.41) is 7.71.